The number of Topliss-reactive ketones (excluding diaryl/α,β-unsaturated/α-hetero) is 1. The normalized spacial score (nSPS) is 21.6. The smallest absolute Gasteiger partial charge is 0.184 e. The molecular formula is C9H14NO3+. The van der Waals surface area contributed by atoms with Gasteiger partial charge in [-0.15, -0.1) is 0 Å². The Morgan fingerprint density at radius 2 is 2.46 bits per heavy atom. The molecule has 1 rings (SSSR count). The molecule has 1 fully saturated rings. The number of hydroxylamine groups is 1. The molecule has 0 radical (unpaired) electrons. The number of carbonyl (C=O) groups is 1. The second-order valence-electron chi connectivity index (χ2n) is 2.67. The number of hydrogen-bond donors (Lipinski definition) is 1. The van der Waals surface area contributed by atoms with Crippen molar-refractivity contribution < 1.29 is 19.8 Å². The third-order valence-corrected chi connectivity index (χ3v) is 1.73. The van der Waals surface area contributed by atoms with Gasteiger partial charge in [-0.1, -0.05) is 0 Å². The van der Waals surface area contributed by atoms with E-state index in [-0.39, 0.29) is 12.4 Å². The molecule has 0 saturated carbocycles. The zero-order chi connectivity index (χ0) is 9.52. The van der Waals surface area contributed by atoms with Gasteiger partial charge in [-0.3, -0.25) is 4.79 Å². The molecule has 13 heavy (non-hydrogen) atoms. The Hall–Kier alpha value is -0.970. The average molecular weight is 184 g/mol. The summed E-state index contributed by atoms with van der Waals surface area (Å²) < 4.78 is 4.99. The molecule has 0 amide bonds. The lowest BCUT2D eigenvalue weighted by atomic mass is 10.1. The Balaban J connectivity index is 2.43. The molecule has 0 bridgehead atoms. The molecule has 0 aromatic carbocycles. The minimum Gasteiger partial charge on any atom is -0.373 e. The Labute approximate surface area is 77.2 Å². The third-order valence-electron chi connectivity index (χ3n) is 1.73. The summed E-state index contributed by atoms with van der Waals surface area (Å²) in [6, 6.07) is 0. The van der Waals surface area contributed by atoms with Crippen LogP contribution in [0.15, 0.2) is 23.9 Å². The standard InChI is InChI=1S/C9H13NO3/c1-12-10-5-2-3-8-4-6-13-7-9(8)11/h2-3,5,10H,4,6-7H2,1H3/p+1/b5-2-,8-3+. The van der Waals surface area contributed by atoms with E-state index in [0.717, 1.165) is 5.57 Å². The topological polar surface area (TPSA) is 52.1 Å². The van der Waals surface area contributed by atoms with Crippen molar-refractivity contribution >= 4 is 5.78 Å². The van der Waals surface area contributed by atoms with Crippen molar-refractivity contribution in [1.29, 1.82) is 0 Å². The summed E-state index contributed by atoms with van der Waals surface area (Å²) in [6.45, 7) is 0.854. The van der Waals surface area contributed by atoms with Crippen LogP contribution in [-0.2, 0) is 14.4 Å². The van der Waals surface area contributed by atoms with E-state index in [1.54, 1.807) is 30.9 Å². The van der Waals surface area contributed by atoms with E-state index in [1.807, 2.05) is 0 Å². The van der Waals surface area contributed by atoms with E-state index >= 15 is 0 Å². The van der Waals surface area contributed by atoms with Crippen molar-refractivity contribution in [2.24, 2.45) is 0 Å². The Kier molecular flexibility index (Phi) is 4.39. The third kappa shape index (κ3) is 3.50. The lowest BCUT2D eigenvalue weighted by Gasteiger charge is -2.12. The molecule has 2 N–H and O–H groups in total. The van der Waals surface area contributed by atoms with Gasteiger partial charge in [0.2, 0.25) is 0 Å². The van der Waals surface area contributed by atoms with Gasteiger partial charge in [0.1, 0.15) is 12.8 Å². The fourth-order valence-electron chi connectivity index (χ4n) is 1.05. The van der Waals surface area contributed by atoms with Crippen LogP contribution in [-0.4, -0.2) is 26.1 Å². The highest BCUT2D eigenvalue weighted by Gasteiger charge is 2.13. The highest BCUT2D eigenvalue weighted by molar-refractivity contribution is 5.97. The summed E-state index contributed by atoms with van der Waals surface area (Å²) in [5.41, 5.74) is 2.38. The van der Waals surface area contributed by atoms with E-state index in [2.05, 4.69) is 0 Å². The number of ketones is 1. The van der Waals surface area contributed by atoms with E-state index < -0.39 is 0 Å². The minimum absolute atomic E-state index is 0.0771. The molecule has 0 aliphatic carbocycles. The quantitative estimate of drug-likeness (QED) is 0.477. The van der Waals surface area contributed by atoms with Crippen LogP contribution >= 0.6 is 0 Å². The van der Waals surface area contributed by atoms with Crippen LogP contribution in [0.3, 0.4) is 0 Å². The molecule has 1 heterocycles. The van der Waals surface area contributed by atoms with Gasteiger partial charge in [0, 0.05) is 5.57 Å². The Morgan fingerprint density at radius 1 is 1.62 bits per heavy atom. The lowest BCUT2D eigenvalue weighted by Crippen LogP contribution is -2.75. The molecule has 0 unspecified atom stereocenters. The van der Waals surface area contributed by atoms with Crippen LogP contribution in [0.4, 0.5) is 0 Å². The van der Waals surface area contributed by atoms with Crippen LogP contribution < -0.4 is 5.48 Å². The van der Waals surface area contributed by atoms with Crippen molar-refractivity contribution in [3.05, 3.63) is 23.9 Å². The van der Waals surface area contributed by atoms with Crippen molar-refractivity contribution in [2.45, 2.75) is 6.42 Å². The van der Waals surface area contributed by atoms with Gasteiger partial charge in [-0.05, 0) is 18.6 Å². The zero-order valence-electron chi connectivity index (χ0n) is 7.66. The van der Waals surface area contributed by atoms with Crippen LogP contribution in [0.1, 0.15) is 6.42 Å². The van der Waals surface area contributed by atoms with Crippen LogP contribution in [0.2, 0.25) is 0 Å². The van der Waals surface area contributed by atoms with Gasteiger partial charge < -0.3 is 4.74 Å². The molecule has 4 nitrogen and oxygen atoms in total. The number of carbonyl (C=O) groups excluding carboxylic acids is 1. The molecule has 0 aromatic rings. The SMILES string of the molecule is CO[NH2+]/C=C\C=C1/CCOCC1=O. The van der Waals surface area contributed by atoms with Gasteiger partial charge in [0.05, 0.1) is 13.7 Å². The summed E-state index contributed by atoms with van der Waals surface area (Å²) in [5.74, 6) is 0.0771. The van der Waals surface area contributed by atoms with E-state index in [1.165, 1.54) is 0 Å². The van der Waals surface area contributed by atoms with Crippen LogP contribution in [0.25, 0.3) is 0 Å². The first-order chi connectivity index (χ1) is 6.34. The second kappa shape index (κ2) is 5.64. The molecule has 1 saturated heterocycles. The molecule has 1 aliphatic rings. The maximum absolute atomic E-state index is 11.2. The monoisotopic (exact) mass is 184 g/mol. The largest absolute Gasteiger partial charge is 0.373 e. The molecule has 0 atom stereocenters. The van der Waals surface area contributed by atoms with Crippen molar-refractivity contribution in [3.63, 3.8) is 0 Å². The number of ether oxygens (including phenoxy) is 1. The highest BCUT2D eigenvalue weighted by Crippen LogP contribution is 2.09. The maximum Gasteiger partial charge on any atom is 0.184 e. The highest BCUT2D eigenvalue weighted by atomic mass is 16.6. The van der Waals surface area contributed by atoms with Crippen molar-refractivity contribution in [3.8, 4) is 0 Å². The fraction of sp³-hybridized carbons (Fsp3) is 0.444. The van der Waals surface area contributed by atoms with E-state index in [0.29, 0.717) is 13.0 Å². The average Bonchev–Trinajstić information content (AvgIpc) is 2.15. The molecule has 0 aromatic heterocycles. The summed E-state index contributed by atoms with van der Waals surface area (Å²) in [6.07, 6.45) is 6.05. The lowest BCUT2D eigenvalue weighted by molar-refractivity contribution is -0.842. The van der Waals surface area contributed by atoms with E-state index in [4.69, 9.17) is 9.57 Å². The minimum atomic E-state index is 0.0771. The summed E-state index contributed by atoms with van der Waals surface area (Å²) >= 11 is 0. The predicted octanol–water partition coefficient (Wildman–Crippen LogP) is -0.459. The summed E-state index contributed by atoms with van der Waals surface area (Å²) in [5, 5.41) is 0. The summed E-state index contributed by atoms with van der Waals surface area (Å²) in [4.78, 5) is 15.9. The Bertz CT molecular complexity index is 233. The molecular weight excluding hydrogens is 170 g/mol. The van der Waals surface area contributed by atoms with Gasteiger partial charge in [0.15, 0.2) is 5.78 Å². The molecule has 1 aliphatic heterocycles. The van der Waals surface area contributed by atoms with Gasteiger partial charge in [-0.25, -0.2) is 4.84 Å². The first kappa shape index (κ1) is 10.1. The maximum atomic E-state index is 11.2. The number of allylic oxidation sites excluding steroid dienone is 2. The second-order valence-corrected chi connectivity index (χ2v) is 2.67. The number of hydrogen-bond acceptors (Lipinski definition) is 3. The van der Waals surface area contributed by atoms with Crippen molar-refractivity contribution in [2.75, 3.05) is 20.3 Å². The molecule has 4 heteroatoms. The van der Waals surface area contributed by atoms with E-state index in [9.17, 15) is 4.79 Å². The van der Waals surface area contributed by atoms with Gasteiger partial charge in [0.25, 0.3) is 0 Å². The molecule has 72 valence electrons. The Morgan fingerprint density at radius 3 is 3.15 bits per heavy atom. The number of quaternary nitrogens is 1. The van der Waals surface area contributed by atoms with Crippen LogP contribution in [0, 0.1) is 0 Å². The van der Waals surface area contributed by atoms with Crippen molar-refractivity contribution in [1.82, 2.24) is 0 Å². The zero-order valence-corrected chi connectivity index (χ0v) is 7.66. The van der Waals surface area contributed by atoms with Gasteiger partial charge >= 0.3 is 0 Å². The first-order valence-electron chi connectivity index (χ1n) is 4.17. The predicted molar refractivity (Wildman–Crippen MR) is 46.6 cm³/mol. The first-order valence-corrected chi connectivity index (χ1v) is 4.17. The fourth-order valence-corrected chi connectivity index (χ4v) is 1.05. The number of rotatable bonds is 3. The van der Waals surface area contributed by atoms with Crippen LogP contribution in [0.5, 0.6) is 0 Å². The van der Waals surface area contributed by atoms with Gasteiger partial charge in [-0.2, -0.15) is 5.48 Å². The number of nitrogens with two attached hydrogens (primary N) is 1. The molecule has 0 spiro atoms. The summed E-state index contributed by atoms with van der Waals surface area (Å²) in [7, 11) is 1.58.